The van der Waals surface area contributed by atoms with Crippen molar-refractivity contribution in [2.45, 2.75) is 13.8 Å². The van der Waals surface area contributed by atoms with E-state index in [0.717, 1.165) is 22.6 Å². The number of ether oxygens (including phenoxy) is 1. The Balaban J connectivity index is 3.07. The standard InChI is InChI=1S/C13H20N2O2/c1-9-10(2)12(17-5)7-6-11(9)15(4)13(16)8-14-3/h6-7,14H,8H2,1-5H3. The second-order valence-electron chi connectivity index (χ2n) is 4.02. The number of carbonyl (C=O) groups excluding carboxylic acids is 1. The van der Waals surface area contributed by atoms with Gasteiger partial charge in [-0.25, -0.2) is 0 Å². The van der Waals surface area contributed by atoms with Crippen molar-refractivity contribution in [1.29, 1.82) is 0 Å². The number of anilines is 1. The first-order valence-electron chi connectivity index (χ1n) is 5.58. The number of hydrogen-bond acceptors (Lipinski definition) is 3. The summed E-state index contributed by atoms with van der Waals surface area (Å²) in [6.07, 6.45) is 0. The molecule has 1 rings (SSSR count). The van der Waals surface area contributed by atoms with Gasteiger partial charge in [0.2, 0.25) is 5.91 Å². The van der Waals surface area contributed by atoms with Crippen LogP contribution >= 0.6 is 0 Å². The van der Waals surface area contributed by atoms with E-state index in [9.17, 15) is 4.79 Å². The Labute approximate surface area is 103 Å². The predicted molar refractivity (Wildman–Crippen MR) is 69.8 cm³/mol. The van der Waals surface area contributed by atoms with Crippen molar-refractivity contribution in [1.82, 2.24) is 5.32 Å². The van der Waals surface area contributed by atoms with Crippen LogP contribution in [0, 0.1) is 13.8 Å². The quantitative estimate of drug-likeness (QED) is 0.861. The molecular formula is C13H20N2O2. The van der Waals surface area contributed by atoms with Gasteiger partial charge in [0.25, 0.3) is 0 Å². The fraction of sp³-hybridized carbons (Fsp3) is 0.462. The van der Waals surface area contributed by atoms with E-state index < -0.39 is 0 Å². The third-order valence-electron chi connectivity index (χ3n) is 2.99. The third kappa shape index (κ3) is 2.77. The number of nitrogens with zero attached hydrogens (tertiary/aromatic N) is 1. The van der Waals surface area contributed by atoms with Crippen molar-refractivity contribution >= 4 is 11.6 Å². The normalized spacial score (nSPS) is 10.2. The number of likely N-dealkylation sites (N-methyl/N-ethyl adjacent to an activating group) is 2. The monoisotopic (exact) mass is 236 g/mol. The van der Waals surface area contributed by atoms with Crippen LogP contribution in [0.1, 0.15) is 11.1 Å². The van der Waals surface area contributed by atoms with Gasteiger partial charge in [-0.05, 0) is 44.2 Å². The SMILES string of the molecule is CNCC(=O)N(C)c1ccc(OC)c(C)c1C. The second-order valence-corrected chi connectivity index (χ2v) is 4.02. The lowest BCUT2D eigenvalue weighted by Crippen LogP contribution is -2.34. The van der Waals surface area contributed by atoms with E-state index in [4.69, 9.17) is 4.74 Å². The average molecular weight is 236 g/mol. The van der Waals surface area contributed by atoms with Crippen molar-refractivity contribution in [2.75, 3.05) is 32.6 Å². The molecule has 0 radical (unpaired) electrons. The van der Waals surface area contributed by atoms with E-state index in [0.29, 0.717) is 6.54 Å². The van der Waals surface area contributed by atoms with Crippen molar-refractivity contribution < 1.29 is 9.53 Å². The molecular weight excluding hydrogens is 216 g/mol. The maximum atomic E-state index is 11.8. The molecule has 17 heavy (non-hydrogen) atoms. The third-order valence-corrected chi connectivity index (χ3v) is 2.99. The Morgan fingerprint density at radius 3 is 2.53 bits per heavy atom. The summed E-state index contributed by atoms with van der Waals surface area (Å²) >= 11 is 0. The molecule has 4 heteroatoms. The summed E-state index contributed by atoms with van der Waals surface area (Å²) in [5.74, 6) is 0.890. The molecule has 0 heterocycles. The summed E-state index contributed by atoms with van der Waals surface area (Å²) in [6, 6.07) is 3.80. The minimum absolute atomic E-state index is 0.0418. The maximum Gasteiger partial charge on any atom is 0.240 e. The number of benzene rings is 1. The Bertz CT molecular complexity index is 416. The molecule has 1 amide bonds. The number of nitrogens with one attached hydrogen (secondary N) is 1. The van der Waals surface area contributed by atoms with Crippen LogP contribution in [0.4, 0.5) is 5.69 Å². The Morgan fingerprint density at radius 1 is 1.35 bits per heavy atom. The van der Waals surface area contributed by atoms with Gasteiger partial charge < -0.3 is 15.0 Å². The molecule has 0 atom stereocenters. The highest BCUT2D eigenvalue weighted by atomic mass is 16.5. The highest BCUT2D eigenvalue weighted by Crippen LogP contribution is 2.29. The lowest BCUT2D eigenvalue weighted by molar-refractivity contribution is -0.117. The van der Waals surface area contributed by atoms with E-state index in [1.54, 1.807) is 26.1 Å². The van der Waals surface area contributed by atoms with Gasteiger partial charge in [0.1, 0.15) is 5.75 Å². The molecule has 0 fully saturated rings. The first-order chi connectivity index (χ1) is 8.02. The zero-order valence-corrected chi connectivity index (χ0v) is 11.1. The Morgan fingerprint density at radius 2 is 2.00 bits per heavy atom. The van der Waals surface area contributed by atoms with Crippen molar-refractivity contribution in [3.63, 3.8) is 0 Å². The average Bonchev–Trinajstić information content (AvgIpc) is 2.32. The maximum absolute atomic E-state index is 11.8. The number of hydrogen-bond donors (Lipinski definition) is 1. The first kappa shape index (κ1) is 13.5. The second kappa shape index (κ2) is 5.68. The number of carbonyl (C=O) groups is 1. The van der Waals surface area contributed by atoms with Crippen LogP contribution in [0.3, 0.4) is 0 Å². The summed E-state index contributed by atoms with van der Waals surface area (Å²) in [5, 5.41) is 2.86. The summed E-state index contributed by atoms with van der Waals surface area (Å²) < 4.78 is 5.25. The van der Waals surface area contributed by atoms with Crippen LogP contribution in [0.2, 0.25) is 0 Å². The lowest BCUT2D eigenvalue weighted by atomic mass is 10.1. The van der Waals surface area contributed by atoms with Crippen LogP contribution in [0.15, 0.2) is 12.1 Å². The van der Waals surface area contributed by atoms with Gasteiger partial charge in [-0.2, -0.15) is 0 Å². The van der Waals surface area contributed by atoms with Crippen LogP contribution in [-0.2, 0) is 4.79 Å². The van der Waals surface area contributed by atoms with Gasteiger partial charge >= 0.3 is 0 Å². The summed E-state index contributed by atoms with van der Waals surface area (Å²) in [6.45, 7) is 4.32. The molecule has 1 N–H and O–H groups in total. The minimum Gasteiger partial charge on any atom is -0.496 e. The zero-order valence-electron chi connectivity index (χ0n) is 11.1. The highest BCUT2D eigenvalue weighted by molar-refractivity contribution is 5.95. The molecule has 4 nitrogen and oxygen atoms in total. The van der Waals surface area contributed by atoms with Crippen molar-refractivity contribution in [3.05, 3.63) is 23.3 Å². The fourth-order valence-corrected chi connectivity index (χ4v) is 1.77. The molecule has 1 aromatic carbocycles. The van der Waals surface area contributed by atoms with E-state index in [-0.39, 0.29) is 5.91 Å². The number of methoxy groups -OCH3 is 1. The summed E-state index contributed by atoms with van der Waals surface area (Å²) in [5.41, 5.74) is 3.05. The van der Waals surface area contributed by atoms with E-state index in [1.807, 2.05) is 26.0 Å². The smallest absolute Gasteiger partial charge is 0.240 e. The Hall–Kier alpha value is -1.55. The lowest BCUT2D eigenvalue weighted by Gasteiger charge is -2.21. The van der Waals surface area contributed by atoms with E-state index >= 15 is 0 Å². The number of amides is 1. The first-order valence-corrected chi connectivity index (χ1v) is 5.58. The zero-order chi connectivity index (χ0) is 13.0. The molecule has 1 aromatic rings. The highest BCUT2D eigenvalue weighted by Gasteiger charge is 2.14. The van der Waals surface area contributed by atoms with Crippen molar-refractivity contribution in [3.8, 4) is 5.75 Å². The molecule has 0 aliphatic rings. The molecule has 0 aromatic heterocycles. The Kier molecular flexibility index (Phi) is 4.52. The molecule has 0 aliphatic heterocycles. The topological polar surface area (TPSA) is 41.6 Å². The number of rotatable bonds is 4. The van der Waals surface area contributed by atoms with Gasteiger partial charge in [0, 0.05) is 12.7 Å². The van der Waals surface area contributed by atoms with Gasteiger partial charge in [-0.15, -0.1) is 0 Å². The van der Waals surface area contributed by atoms with Crippen LogP contribution in [0.25, 0.3) is 0 Å². The fourth-order valence-electron chi connectivity index (χ4n) is 1.77. The summed E-state index contributed by atoms with van der Waals surface area (Å²) in [7, 11) is 5.20. The molecule has 0 bridgehead atoms. The van der Waals surface area contributed by atoms with E-state index in [2.05, 4.69) is 5.32 Å². The predicted octanol–water partition coefficient (Wildman–Crippen LogP) is 1.49. The van der Waals surface area contributed by atoms with Crippen LogP contribution in [0.5, 0.6) is 5.75 Å². The molecule has 0 aliphatic carbocycles. The largest absolute Gasteiger partial charge is 0.496 e. The van der Waals surface area contributed by atoms with Gasteiger partial charge in [0.05, 0.1) is 13.7 Å². The molecule has 0 saturated heterocycles. The molecule has 0 saturated carbocycles. The van der Waals surface area contributed by atoms with Crippen molar-refractivity contribution in [2.24, 2.45) is 0 Å². The van der Waals surface area contributed by atoms with E-state index in [1.165, 1.54) is 0 Å². The molecule has 94 valence electrons. The van der Waals surface area contributed by atoms with Gasteiger partial charge in [0.15, 0.2) is 0 Å². The van der Waals surface area contributed by atoms with Gasteiger partial charge in [-0.1, -0.05) is 0 Å². The van der Waals surface area contributed by atoms with Crippen LogP contribution < -0.4 is 15.0 Å². The molecule has 0 spiro atoms. The van der Waals surface area contributed by atoms with Gasteiger partial charge in [-0.3, -0.25) is 4.79 Å². The minimum atomic E-state index is 0.0418. The summed E-state index contributed by atoms with van der Waals surface area (Å²) in [4.78, 5) is 13.5. The van der Waals surface area contributed by atoms with Crippen LogP contribution in [-0.4, -0.2) is 33.7 Å². The molecule has 0 unspecified atom stereocenters.